The zero-order valence-corrected chi connectivity index (χ0v) is 12.7. The molecule has 1 atom stereocenters. The number of benzene rings is 1. The number of nitrogens with zero attached hydrogens (tertiary/aromatic N) is 1. The molecule has 0 aromatic heterocycles. The van der Waals surface area contributed by atoms with Gasteiger partial charge in [-0.1, -0.05) is 0 Å². The third-order valence-corrected chi connectivity index (χ3v) is 4.16. The molecule has 0 radical (unpaired) electrons. The molecule has 22 heavy (non-hydrogen) atoms. The molecule has 0 saturated carbocycles. The van der Waals surface area contributed by atoms with Gasteiger partial charge in [-0.15, -0.1) is 11.8 Å². The Morgan fingerprint density at radius 1 is 1.45 bits per heavy atom. The Morgan fingerprint density at radius 3 is 2.59 bits per heavy atom. The lowest BCUT2D eigenvalue weighted by molar-refractivity contribution is -0.387. The Kier molecular flexibility index (Phi) is 6.35. The summed E-state index contributed by atoms with van der Waals surface area (Å²) >= 11 is 0.672. The minimum absolute atomic E-state index is 0.0724. The Hall–Kier alpha value is -1.62. The maximum absolute atomic E-state index is 11.9. The van der Waals surface area contributed by atoms with E-state index in [1.54, 1.807) is 0 Å². The van der Waals surface area contributed by atoms with Gasteiger partial charge in [-0.2, -0.15) is 13.2 Å². The maximum atomic E-state index is 11.9. The number of nitro groups is 1. The highest BCUT2D eigenvalue weighted by Gasteiger charge is 2.29. The van der Waals surface area contributed by atoms with Crippen molar-refractivity contribution in [3.8, 4) is 0 Å². The highest BCUT2D eigenvalue weighted by molar-refractivity contribution is 8.00. The van der Waals surface area contributed by atoms with Gasteiger partial charge >= 0.3 is 12.1 Å². The highest BCUT2D eigenvalue weighted by atomic mass is 32.2. The second-order valence-electron chi connectivity index (χ2n) is 3.91. The number of hydrogen-bond acceptors (Lipinski definition) is 6. The molecule has 0 aliphatic carbocycles. The highest BCUT2D eigenvalue weighted by Crippen LogP contribution is 2.31. The van der Waals surface area contributed by atoms with Crippen molar-refractivity contribution < 1.29 is 31.8 Å². The number of nitro benzene ring substituents is 1. The van der Waals surface area contributed by atoms with Crippen LogP contribution in [0.5, 0.6) is 0 Å². The first-order valence-corrected chi connectivity index (χ1v) is 8.11. The van der Waals surface area contributed by atoms with Crippen molar-refractivity contribution in [3.05, 3.63) is 28.3 Å². The van der Waals surface area contributed by atoms with E-state index in [0.717, 1.165) is 6.07 Å². The number of esters is 1. The van der Waals surface area contributed by atoms with E-state index in [4.69, 9.17) is 0 Å². The summed E-state index contributed by atoms with van der Waals surface area (Å²) in [4.78, 5) is 21.7. The van der Waals surface area contributed by atoms with E-state index in [2.05, 4.69) is 4.74 Å². The van der Waals surface area contributed by atoms with Crippen LogP contribution in [0.3, 0.4) is 0 Å². The van der Waals surface area contributed by atoms with Crippen molar-refractivity contribution in [2.45, 2.75) is 16.0 Å². The van der Waals surface area contributed by atoms with Crippen LogP contribution >= 0.6 is 11.8 Å². The molecule has 0 bridgehead atoms. The van der Waals surface area contributed by atoms with Gasteiger partial charge in [0, 0.05) is 17.2 Å². The molecular weight excluding hydrogens is 347 g/mol. The van der Waals surface area contributed by atoms with Crippen LogP contribution in [0.15, 0.2) is 28.0 Å². The van der Waals surface area contributed by atoms with Crippen molar-refractivity contribution in [3.63, 3.8) is 0 Å². The summed E-state index contributed by atoms with van der Waals surface area (Å²) in [6.45, 7) is -1.71. The Balaban J connectivity index is 2.75. The molecule has 1 unspecified atom stereocenters. The number of ether oxygens (including phenoxy) is 1. The van der Waals surface area contributed by atoms with Crippen molar-refractivity contribution in [1.29, 1.82) is 0 Å². The molecule has 0 spiro atoms. The van der Waals surface area contributed by atoms with E-state index in [-0.39, 0.29) is 15.5 Å². The molecule has 122 valence electrons. The maximum Gasteiger partial charge on any atom is 0.422 e. The monoisotopic (exact) mass is 357 g/mol. The quantitative estimate of drug-likeness (QED) is 0.337. The summed E-state index contributed by atoms with van der Waals surface area (Å²) in [6.07, 6.45) is -3.28. The first-order chi connectivity index (χ1) is 10.1. The van der Waals surface area contributed by atoms with Gasteiger partial charge in [0.1, 0.15) is 0 Å². The fourth-order valence-corrected chi connectivity index (χ4v) is 2.62. The second-order valence-corrected chi connectivity index (χ2v) is 6.30. The summed E-state index contributed by atoms with van der Waals surface area (Å²) in [5, 5.41) is 10.9. The van der Waals surface area contributed by atoms with Crippen LogP contribution in [-0.2, 0) is 20.3 Å². The topological polar surface area (TPSA) is 86.5 Å². The van der Waals surface area contributed by atoms with Crippen LogP contribution in [0, 0.1) is 10.1 Å². The molecule has 1 aromatic rings. The van der Waals surface area contributed by atoms with Gasteiger partial charge in [-0.05, 0) is 12.1 Å². The van der Waals surface area contributed by atoms with Crippen molar-refractivity contribution in [2.75, 3.05) is 18.6 Å². The average Bonchev–Trinajstić information content (AvgIpc) is 2.41. The molecule has 0 heterocycles. The first-order valence-electron chi connectivity index (χ1n) is 5.57. The van der Waals surface area contributed by atoms with Crippen LogP contribution in [0.4, 0.5) is 18.9 Å². The van der Waals surface area contributed by atoms with Gasteiger partial charge in [-0.25, -0.2) is 0 Å². The SMILES string of the molecule is CS(=O)c1ccc(SCC(=O)OCC(F)(F)F)c([N+](=O)[O-])c1. The molecule has 0 aliphatic heterocycles. The van der Waals surface area contributed by atoms with E-state index in [1.165, 1.54) is 18.4 Å². The van der Waals surface area contributed by atoms with Crippen LogP contribution in [-0.4, -0.2) is 39.9 Å². The molecule has 1 rings (SSSR count). The lowest BCUT2D eigenvalue weighted by Crippen LogP contribution is -2.21. The van der Waals surface area contributed by atoms with Gasteiger partial charge < -0.3 is 4.74 Å². The van der Waals surface area contributed by atoms with Gasteiger partial charge in [0.05, 0.1) is 26.4 Å². The largest absolute Gasteiger partial charge is 0.455 e. The van der Waals surface area contributed by atoms with Crippen LogP contribution in [0.2, 0.25) is 0 Å². The first kappa shape index (κ1) is 18.4. The van der Waals surface area contributed by atoms with E-state index >= 15 is 0 Å². The third kappa shape index (κ3) is 6.02. The zero-order chi connectivity index (χ0) is 16.9. The van der Waals surface area contributed by atoms with E-state index < -0.39 is 40.2 Å². The standard InChI is InChI=1S/C11H10F3NO5S2/c1-22(19)7-2-3-9(8(4-7)15(17)18)21-5-10(16)20-6-11(12,13)14/h2-4H,5-6H2,1H3. The average molecular weight is 357 g/mol. The van der Waals surface area contributed by atoms with E-state index in [0.29, 0.717) is 11.8 Å². The van der Waals surface area contributed by atoms with Gasteiger partial charge in [0.15, 0.2) is 6.61 Å². The minimum atomic E-state index is -4.63. The molecule has 0 N–H and O–H groups in total. The number of hydrogen-bond donors (Lipinski definition) is 0. The molecule has 0 aliphatic rings. The lowest BCUT2D eigenvalue weighted by Gasteiger charge is -2.08. The molecule has 6 nitrogen and oxygen atoms in total. The normalized spacial score (nSPS) is 12.7. The molecule has 0 amide bonds. The number of thioether (sulfide) groups is 1. The summed E-state index contributed by atoms with van der Waals surface area (Å²) < 4.78 is 50.9. The Labute approximate surface area is 129 Å². The van der Waals surface area contributed by atoms with Crippen LogP contribution in [0.1, 0.15) is 0 Å². The smallest absolute Gasteiger partial charge is 0.422 e. The lowest BCUT2D eigenvalue weighted by atomic mass is 10.3. The Morgan fingerprint density at radius 2 is 2.09 bits per heavy atom. The minimum Gasteiger partial charge on any atom is -0.455 e. The molecule has 1 aromatic carbocycles. The summed E-state index contributed by atoms with van der Waals surface area (Å²) in [6, 6.07) is 3.77. The van der Waals surface area contributed by atoms with Crippen LogP contribution in [0.25, 0.3) is 0 Å². The van der Waals surface area contributed by atoms with Crippen LogP contribution < -0.4 is 0 Å². The summed E-state index contributed by atoms with van der Waals surface area (Å²) in [5.74, 6) is -1.65. The molecular formula is C11H10F3NO5S2. The number of alkyl halides is 3. The fraction of sp³-hybridized carbons (Fsp3) is 0.364. The predicted octanol–water partition coefficient (Wildman–Crippen LogP) is 2.53. The third-order valence-electron chi connectivity index (χ3n) is 2.20. The van der Waals surface area contributed by atoms with E-state index in [9.17, 15) is 32.3 Å². The molecule has 0 fully saturated rings. The Bertz CT molecular complexity index is 606. The van der Waals surface area contributed by atoms with Gasteiger partial charge in [0.2, 0.25) is 0 Å². The van der Waals surface area contributed by atoms with Gasteiger partial charge in [0.25, 0.3) is 5.69 Å². The summed E-state index contributed by atoms with van der Waals surface area (Å²) in [7, 11) is -1.42. The van der Waals surface area contributed by atoms with Crippen molar-refractivity contribution in [2.24, 2.45) is 0 Å². The number of rotatable bonds is 6. The van der Waals surface area contributed by atoms with Crippen molar-refractivity contribution >= 4 is 34.2 Å². The number of carbonyl (C=O) groups is 1. The zero-order valence-electron chi connectivity index (χ0n) is 11.1. The van der Waals surface area contributed by atoms with Gasteiger partial charge in [-0.3, -0.25) is 19.1 Å². The van der Waals surface area contributed by atoms with Crippen molar-refractivity contribution in [1.82, 2.24) is 0 Å². The number of carbonyl (C=O) groups excluding carboxylic acids is 1. The fourth-order valence-electron chi connectivity index (χ4n) is 1.28. The predicted molar refractivity (Wildman–Crippen MR) is 73.2 cm³/mol. The molecule has 0 saturated heterocycles. The second kappa shape index (κ2) is 7.58. The number of halogens is 3. The molecule has 11 heteroatoms. The summed E-state index contributed by atoms with van der Waals surface area (Å²) in [5.41, 5.74) is -0.374. The van der Waals surface area contributed by atoms with E-state index in [1.807, 2.05) is 0 Å².